The highest BCUT2D eigenvalue weighted by Gasteiger charge is 2.33. The molecular weight excluding hydrogens is 256 g/mol. The smallest absolute Gasteiger partial charge is 0.330 e. The first-order valence-corrected chi connectivity index (χ1v) is 5.47. The van der Waals surface area contributed by atoms with Crippen molar-refractivity contribution in [2.75, 3.05) is 6.61 Å². The number of aromatic amines is 1. The Balaban J connectivity index is 2.55. The van der Waals surface area contributed by atoms with E-state index >= 15 is 0 Å². The number of aliphatic hydroxyl groups is 2. The van der Waals surface area contributed by atoms with Gasteiger partial charge in [0.2, 0.25) is 12.0 Å². The van der Waals surface area contributed by atoms with Gasteiger partial charge in [-0.25, -0.2) is 9.36 Å². The molecule has 8 nitrogen and oxygen atoms in total. The molecule has 0 bridgehead atoms. The van der Waals surface area contributed by atoms with Crippen LogP contribution in [0.5, 0.6) is 0 Å². The van der Waals surface area contributed by atoms with Crippen LogP contribution < -0.4 is 11.2 Å². The number of hydrogen-bond donors (Lipinski definition) is 3. The van der Waals surface area contributed by atoms with Gasteiger partial charge in [0, 0.05) is 17.8 Å². The molecule has 0 aliphatic carbocycles. The molecule has 2 heterocycles. The van der Waals surface area contributed by atoms with Crippen molar-refractivity contribution in [3.05, 3.63) is 44.4 Å². The molecule has 0 aromatic carbocycles. The van der Waals surface area contributed by atoms with Crippen molar-refractivity contribution in [1.29, 1.82) is 0 Å². The SMILES string of the molecule is Cc1c[nH]c(=O)n(C2OC(CO)C(O)=CC2=O)c1=O. The Labute approximate surface area is 106 Å². The fourth-order valence-corrected chi connectivity index (χ4v) is 1.72. The molecule has 1 aromatic rings. The van der Waals surface area contributed by atoms with Crippen molar-refractivity contribution in [2.45, 2.75) is 19.3 Å². The zero-order chi connectivity index (χ0) is 14.2. The molecule has 0 saturated heterocycles. The lowest BCUT2D eigenvalue weighted by molar-refractivity contribution is -0.144. The van der Waals surface area contributed by atoms with Crippen LogP contribution in [0.1, 0.15) is 11.8 Å². The largest absolute Gasteiger partial charge is 0.509 e. The molecule has 8 heteroatoms. The van der Waals surface area contributed by atoms with Gasteiger partial charge in [-0.05, 0) is 6.92 Å². The molecule has 2 atom stereocenters. The van der Waals surface area contributed by atoms with Crippen molar-refractivity contribution >= 4 is 5.78 Å². The molecule has 2 rings (SSSR count). The molecule has 1 aliphatic rings. The summed E-state index contributed by atoms with van der Waals surface area (Å²) in [5.74, 6) is -1.19. The third-order valence-corrected chi connectivity index (χ3v) is 2.74. The first kappa shape index (κ1) is 13.2. The number of nitrogens with one attached hydrogen (secondary N) is 1. The lowest BCUT2D eigenvalue weighted by Crippen LogP contribution is -2.46. The van der Waals surface area contributed by atoms with Crippen molar-refractivity contribution < 1.29 is 19.7 Å². The van der Waals surface area contributed by atoms with Gasteiger partial charge in [0.25, 0.3) is 5.56 Å². The van der Waals surface area contributed by atoms with E-state index in [9.17, 15) is 19.5 Å². The maximum atomic E-state index is 11.9. The van der Waals surface area contributed by atoms with E-state index in [0.29, 0.717) is 4.57 Å². The molecule has 19 heavy (non-hydrogen) atoms. The van der Waals surface area contributed by atoms with E-state index in [1.54, 1.807) is 0 Å². The summed E-state index contributed by atoms with van der Waals surface area (Å²) in [6, 6.07) is 0. The van der Waals surface area contributed by atoms with Crippen LogP contribution in [0.4, 0.5) is 0 Å². The predicted molar refractivity (Wildman–Crippen MR) is 62.8 cm³/mol. The van der Waals surface area contributed by atoms with Crippen LogP contribution in [0.25, 0.3) is 0 Å². The highest BCUT2D eigenvalue weighted by molar-refractivity contribution is 5.93. The van der Waals surface area contributed by atoms with E-state index in [4.69, 9.17) is 9.84 Å². The van der Waals surface area contributed by atoms with Crippen LogP contribution in [0.3, 0.4) is 0 Å². The summed E-state index contributed by atoms with van der Waals surface area (Å²) < 4.78 is 5.70. The first-order valence-electron chi connectivity index (χ1n) is 5.47. The average molecular weight is 268 g/mol. The molecule has 0 radical (unpaired) electrons. The van der Waals surface area contributed by atoms with E-state index < -0.39 is 41.7 Å². The summed E-state index contributed by atoms with van der Waals surface area (Å²) in [6.07, 6.45) is -0.576. The molecule has 0 fully saturated rings. The summed E-state index contributed by atoms with van der Waals surface area (Å²) in [5.41, 5.74) is -1.25. The minimum absolute atomic E-state index is 0.232. The van der Waals surface area contributed by atoms with Gasteiger partial charge >= 0.3 is 5.69 Å². The summed E-state index contributed by atoms with van der Waals surface area (Å²) in [4.78, 5) is 37.5. The van der Waals surface area contributed by atoms with Crippen LogP contribution >= 0.6 is 0 Å². The second-order valence-corrected chi connectivity index (χ2v) is 4.08. The number of H-pyrrole nitrogens is 1. The molecular formula is C11H12N2O6. The van der Waals surface area contributed by atoms with Gasteiger partial charge in [0.15, 0.2) is 0 Å². The number of aromatic nitrogens is 2. The monoisotopic (exact) mass is 268 g/mol. The summed E-state index contributed by atoms with van der Waals surface area (Å²) >= 11 is 0. The lowest BCUT2D eigenvalue weighted by Gasteiger charge is -2.26. The maximum absolute atomic E-state index is 11.9. The summed E-state index contributed by atoms with van der Waals surface area (Å²) in [5, 5.41) is 18.4. The van der Waals surface area contributed by atoms with Crippen LogP contribution in [-0.2, 0) is 9.53 Å². The van der Waals surface area contributed by atoms with Gasteiger partial charge < -0.3 is 19.9 Å². The maximum Gasteiger partial charge on any atom is 0.330 e. The van der Waals surface area contributed by atoms with Gasteiger partial charge in [-0.2, -0.15) is 0 Å². The Morgan fingerprint density at radius 3 is 2.74 bits per heavy atom. The van der Waals surface area contributed by atoms with Gasteiger partial charge in [0.05, 0.1) is 6.61 Å². The van der Waals surface area contributed by atoms with Gasteiger partial charge in [-0.1, -0.05) is 0 Å². The summed E-state index contributed by atoms with van der Waals surface area (Å²) in [6.45, 7) is 0.892. The zero-order valence-corrected chi connectivity index (χ0v) is 9.99. The summed E-state index contributed by atoms with van der Waals surface area (Å²) in [7, 11) is 0. The Kier molecular flexibility index (Phi) is 3.36. The van der Waals surface area contributed by atoms with Crippen molar-refractivity contribution in [3.8, 4) is 0 Å². The number of ether oxygens (including phenoxy) is 1. The molecule has 102 valence electrons. The van der Waals surface area contributed by atoms with Gasteiger partial charge in [-0.3, -0.25) is 9.59 Å². The second kappa shape index (κ2) is 4.82. The number of rotatable bonds is 2. The van der Waals surface area contributed by atoms with Crippen LogP contribution in [-0.4, -0.2) is 38.3 Å². The van der Waals surface area contributed by atoms with Gasteiger partial charge in [0.1, 0.15) is 11.9 Å². The molecule has 0 saturated carbocycles. The number of nitrogens with zero attached hydrogens (tertiary/aromatic N) is 1. The third-order valence-electron chi connectivity index (χ3n) is 2.74. The fraction of sp³-hybridized carbons (Fsp3) is 0.364. The van der Waals surface area contributed by atoms with E-state index in [-0.39, 0.29) is 5.56 Å². The van der Waals surface area contributed by atoms with Crippen molar-refractivity contribution in [1.82, 2.24) is 9.55 Å². The lowest BCUT2D eigenvalue weighted by atomic mass is 10.1. The molecule has 0 spiro atoms. The number of hydrogen-bond acceptors (Lipinski definition) is 6. The Morgan fingerprint density at radius 1 is 1.42 bits per heavy atom. The minimum Gasteiger partial charge on any atom is -0.509 e. The van der Waals surface area contributed by atoms with E-state index in [1.165, 1.54) is 13.1 Å². The molecule has 0 amide bonds. The first-order chi connectivity index (χ1) is 8.95. The van der Waals surface area contributed by atoms with E-state index in [0.717, 1.165) is 6.08 Å². The number of aliphatic hydroxyl groups excluding tert-OH is 2. The topological polar surface area (TPSA) is 122 Å². The highest BCUT2D eigenvalue weighted by Crippen LogP contribution is 2.20. The quantitative estimate of drug-likeness (QED) is 0.616. The van der Waals surface area contributed by atoms with Crippen molar-refractivity contribution in [3.63, 3.8) is 0 Å². The predicted octanol–water partition coefficient (Wildman–Crippen LogP) is -1.25. The zero-order valence-electron chi connectivity index (χ0n) is 9.99. The third kappa shape index (κ3) is 2.23. The molecule has 1 aliphatic heterocycles. The normalized spacial score (nSPS) is 23.3. The van der Waals surface area contributed by atoms with Crippen LogP contribution in [0, 0.1) is 6.92 Å². The Bertz CT molecular complexity index is 656. The minimum atomic E-state index is -1.50. The average Bonchev–Trinajstić information content (AvgIpc) is 2.37. The van der Waals surface area contributed by atoms with Crippen LogP contribution in [0.2, 0.25) is 0 Å². The second-order valence-electron chi connectivity index (χ2n) is 4.08. The molecule has 3 N–H and O–H groups in total. The van der Waals surface area contributed by atoms with E-state index in [1.807, 2.05) is 0 Å². The molecule has 1 aromatic heterocycles. The van der Waals surface area contributed by atoms with Crippen LogP contribution in [0.15, 0.2) is 27.6 Å². The van der Waals surface area contributed by atoms with Gasteiger partial charge in [-0.15, -0.1) is 0 Å². The van der Waals surface area contributed by atoms with E-state index in [2.05, 4.69) is 4.98 Å². The number of carbonyl (C=O) groups excluding carboxylic acids is 1. The standard InChI is InChI=1S/C11H12N2O6/c1-5-3-12-11(18)13(9(5)17)10-7(16)2-6(15)8(4-14)19-10/h2-3,8,10,14-15H,4H2,1H3,(H,12,18). The number of ketones is 1. The van der Waals surface area contributed by atoms with Crippen molar-refractivity contribution in [2.24, 2.45) is 0 Å². The highest BCUT2D eigenvalue weighted by atomic mass is 16.5. The number of carbonyl (C=O) groups is 1. The molecule has 2 unspecified atom stereocenters. The fourth-order valence-electron chi connectivity index (χ4n) is 1.72. The Hall–Kier alpha value is -2.19. The number of aryl methyl sites for hydroxylation is 1. The Morgan fingerprint density at radius 2 is 2.11 bits per heavy atom.